The van der Waals surface area contributed by atoms with E-state index in [9.17, 15) is 19.2 Å². The third kappa shape index (κ3) is 5.20. The van der Waals surface area contributed by atoms with E-state index in [1.165, 1.54) is 24.2 Å². The van der Waals surface area contributed by atoms with Crippen LogP contribution in [0.1, 0.15) is 23.7 Å². The van der Waals surface area contributed by atoms with E-state index in [1.54, 1.807) is 49.4 Å². The number of hydrogen-bond acceptors (Lipinski definition) is 6. The van der Waals surface area contributed by atoms with Gasteiger partial charge in [-0.25, -0.2) is 14.5 Å². The van der Waals surface area contributed by atoms with Crippen molar-refractivity contribution in [1.29, 1.82) is 0 Å². The lowest BCUT2D eigenvalue weighted by atomic mass is 10.1. The number of hydrogen-bond donors (Lipinski definition) is 1. The number of amides is 4. The molecular formula is C24H25N3O6. The number of nitrogens with one attached hydrogen (secondary N) is 1. The molecule has 1 fully saturated rings. The molecule has 1 unspecified atom stereocenters. The van der Waals surface area contributed by atoms with E-state index in [4.69, 9.17) is 9.47 Å². The number of imide groups is 1. The summed E-state index contributed by atoms with van der Waals surface area (Å²) in [4.78, 5) is 53.1. The molecule has 1 atom stereocenters. The molecule has 1 N–H and O–H groups in total. The fourth-order valence-electron chi connectivity index (χ4n) is 3.49. The zero-order chi connectivity index (χ0) is 24.0. The van der Waals surface area contributed by atoms with Crippen molar-refractivity contribution in [3.05, 3.63) is 66.7 Å². The number of nitrogens with zero attached hydrogens (tertiary/aromatic N) is 2. The lowest BCUT2D eigenvalue weighted by Gasteiger charge is -2.19. The Morgan fingerprint density at radius 1 is 1.15 bits per heavy atom. The Bertz CT molecular complexity index is 1080. The van der Waals surface area contributed by atoms with Gasteiger partial charge in [0.2, 0.25) is 5.91 Å². The van der Waals surface area contributed by atoms with Crippen molar-refractivity contribution < 1.29 is 28.7 Å². The molecule has 1 aliphatic heterocycles. The molecule has 33 heavy (non-hydrogen) atoms. The number of benzene rings is 2. The van der Waals surface area contributed by atoms with Gasteiger partial charge in [-0.05, 0) is 37.3 Å². The monoisotopic (exact) mass is 451 g/mol. The van der Waals surface area contributed by atoms with E-state index in [0.717, 1.165) is 4.90 Å². The van der Waals surface area contributed by atoms with E-state index >= 15 is 0 Å². The van der Waals surface area contributed by atoms with Gasteiger partial charge in [0.05, 0.1) is 31.4 Å². The lowest BCUT2D eigenvalue weighted by molar-refractivity contribution is -0.124. The van der Waals surface area contributed by atoms with E-state index in [2.05, 4.69) is 11.9 Å². The Balaban J connectivity index is 1.78. The largest absolute Gasteiger partial charge is 0.497 e. The van der Waals surface area contributed by atoms with Gasteiger partial charge in [0.1, 0.15) is 11.8 Å². The Labute approximate surface area is 191 Å². The molecule has 9 heteroatoms. The van der Waals surface area contributed by atoms with Crippen molar-refractivity contribution in [2.45, 2.75) is 19.4 Å². The number of rotatable bonds is 9. The van der Waals surface area contributed by atoms with Crippen molar-refractivity contribution >= 4 is 35.2 Å². The van der Waals surface area contributed by atoms with Crippen LogP contribution < -0.4 is 15.0 Å². The Hall–Kier alpha value is -4.14. The molecule has 172 valence electrons. The quantitative estimate of drug-likeness (QED) is 0.357. The second-order valence-electron chi connectivity index (χ2n) is 7.17. The highest BCUT2D eigenvalue weighted by atomic mass is 16.5. The van der Waals surface area contributed by atoms with Gasteiger partial charge in [0.25, 0.3) is 5.91 Å². The molecule has 0 bridgehead atoms. The van der Waals surface area contributed by atoms with Crippen LogP contribution in [-0.4, -0.2) is 55.0 Å². The minimum atomic E-state index is -1.00. The second-order valence-corrected chi connectivity index (χ2v) is 7.17. The number of urea groups is 1. The second kappa shape index (κ2) is 10.4. The molecule has 0 spiro atoms. The molecule has 0 aromatic heterocycles. The number of anilines is 2. The van der Waals surface area contributed by atoms with Gasteiger partial charge < -0.3 is 19.7 Å². The predicted octanol–water partition coefficient (Wildman–Crippen LogP) is 3.22. The maximum Gasteiger partial charge on any atom is 0.338 e. The van der Waals surface area contributed by atoms with Crippen LogP contribution in [0.2, 0.25) is 0 Å². The smallest absolute Gasteiger partial charge is 0.338 e. The average molecular weight is 451 g/mol. The number of carbonyl (C=O) groups excluding carboxylic acids is 4. The molecular weight excluding hydrogens is 426 g/mol. The van der Waals surface area contributed by atoms with Crippen molar-refractivity contribution in [3.63, 3.8) is 0 Å². The van der Waals surface area contributed by atoms with Crippen molar-refractivity contribution in [2.24, 2.45) is 0 Å². The van der Waals surface area contributed by atoms with Crippen molar-refractivity contribution in [2.75, 3.05) is 30.5 Å². The van der Waals surface area contributed by atoms with Gasteiger partial charge in [0.15, 0.2) is 0 Å². The molecule has 1 aliphatic rings. The van der Waals surface area contributed by atoms with Crippen LogP contribution in [0.4, 0.5) is 16.2 Å². The fraction of sp³-hybridized carbons (Fsp3) is 0.250. The van der Waals surface area contributed by atoms with Gasteiger partial charge in [-0.15, -0.1) is 6.58 Å². The minimum Gasteiger partial charge on any atom is -0.497 e. The zero-order valence-corrected chi connectivity index (χ0v) is 18.4. The molecule has 0 aliphatic carbocycles. The summed E-state index contributed by atoms with van der Waals surface area (Å²) < 4.78 is 10.2. The molecule has 4 amide bonds. The summed E-state index contributed by atoms with van der Waals surface area (Å²) in [5, 5.41) is 2.68. The SMILES string of the molecule is C=CCN1C(=O)N(c2cccc(OC)c2)C(=O)C1CC(=O)Nc1cccc(C(=O)OCC)c1. The van der Waals surface area contributed by atoms with Crippen LogP contribution in [0.15, 0.2) is 61.2 Å². The first kappa shape index (κ1) is 23.5. The number of esters is 1. The van der Waals surface area contributed by atoms with Gasteiger partial charge in [-0.1, -0.05) is 18.2 Å². The van der Waals surface area contributed by atoms with Crippen LogP contribution >= 0.6 is 0 Å². The van der Waals surface area contributed by atoms with Crippen LogP contribution in [0, 0.1) is 0 Å². The first-order valence-corrected chi connectivity index (χ1v) is 10.4. The van der Waals surface area contributed by atoms with Crippen LogP contribution in [-0.2, 0) is 14.3 Å². The normalized spacial score (nSPS) is 15.4. The summed E-state index contributed by atoms with van der Waals surface area (Å²) in [6.45, 7) is 5.68. The van der Waals surface area contributed by atoms with Crippen LogP contribution in [0.5, 0.6) is 5.75 Å². The standard InChI is InChI=1S/C24H25N3O6/c1-4-12-26-20(22(29)27(24(26)31)18-10-7-11-19(14-18)32-3)15-21(28)25-17-9-6-8-16(13-17)23(30)33-5-2/h4,6-11,13-14,20H,1,5,12,15H2,2-3H3,(H,25,28). The van der Waals surface area contributed by atoms with Gasteiger partial charge >= 0.3 is 12.0 Å². The molecule has 9 nitrogen and oxygen atoms in total. The first-order chi connectivity index (χ1) is 15.9. The third-order valence-electron chi connectivity index (χ3n) is 4.99. The molecule has 2 aromatic carbocycles. The fourth-order valence-corrected chi connectivity index (χ4v) is 3.49. The van der Waals surface area contributed by atoms with Gasteiger partial charge in [-0.2, -0.15) is 0 Å². The maximum absolute atomic E-state index is 13.2. The van der Waals surface area contributed by atoms with Crippen LogP contribution in [0.25, 0.3) is 0 Å². The summed E-state index contributed by atoms with van der Waals surface area (Å²) in [5.74, 6) is -1.02. The minimum absolute atomic E-state index is 0.0985. The number of carbonyl (C=O) groups is 4. The summed E-state index contributed by atoms with van der Waals surface area (Å²) in [6.07, 6.45) is 1.23. The van der Waals surface area contributed by atoms with E-state index < -0.39 is 29.9 Å². The average Bonchev–Trinajstić information content (AvgIpc) is 3.03. The number of ether oxygens (including phenoxy) is 2. The molecule has 0 radical (unpaired) electrons. The van der Waals surface area contributed by atoms with Crippen LogP contribution in [0.3, 0.4) is 0 Å². The highest BCUT2D eigenvalue weighted by Crippen LogP contribution is 2.29. The maximum atomic E-state index is 13.2. The van der Waals surface area contributed by atoms with Crippen molar-refractivity contribution in [1.82, 2.24) is 4.90 Å². The first-order valence-electron chi connectivity index (χ1n) is 10.4. The Kier molecular flexibility index (Phi) is 7.45. The summed E-state index contributed by atoms with van der Waals surface area (Å²) >= 11 is 0. The highest BCUT2D eigenvalue weighted by molar-refractivity contribution is 6.22. The van der Waals surface area contributed by atoms with E-state index in [0.29, 0.717) is 22.7 Å². The predicted molar refractivity (Wildman–Crippen MR) is 122 cm³/mol. The number of methoxy groups -OCH3 is 1. The Morgan fingerprint density at radius 2 is 1.91 bits per heavy atom. The summed E-state index contributed by atoms with van der Waals surface area (Å²) in [7, 11) is 1.49. The highest BCUT2D eigenvalue weighted by Gasteiger charge is 2.46. The van der Waals surface area contributed by atoms with Gasteiger partial charge in [0, 0.05) is 18.3 Å². The third-order valence-corrected chi connectivity index (χ3v) is 4.99. The zero-order valence-electron chi connectivity index (χ0n) is 18.4. The molecule has 2 aromatic rings. The lowest BCUT2D eigenvalue weighted by Crippen LogP contribution is -2.38. The van der Waals surface area contributed by atoms with Gasteiger partial charge in [-0.3, -0.25) is 9.59 Å². The Morgan fingerprint density at radius 3 is 2.61 bits per heavy atom. The molecule has 1 heterocycles. The van der Waals surface area contributed by atoms with E-state index in [-0.39, 0.29) is 19.6 Å². The molecule has 0 saturated carbocycles. The molecule has 3 rings (SSSR count). The topological polar surface area (TPSA) is 105 Å². The summed E-state index contributed by atoms with van der Waals surface area (Å²) in [5.41, 5.74) is 1.02. The van der Waals surface area contributed by atoms with Crippen molar-refractivity contribution in [3.8, 4) is 5.75 Å². The molecule has 1 saturated heterocycles. The van der Waals surface area contributed by atoms with E-state index in [1.807, 2.05) is 0 Å². The summed E-state index contributed by atoms with van der Waals surface area (Å²) in [6, 6.07) is 11.3.